The molecule has 0 aromatic heterocycles. The summed E-state index contributed by atoms with van der Waals surface area (Å²) in [5.41, 5.74) is 0. The van der Waals surface area contributed by atoms with Crippen LogP contribution in [0, 0.1) is 0 Å². The van der Waals surface area contributed by atoms with Crippen LogP contribution in [0.3, 0.4) is 0 Å². The van der Waals surface area contributed by atoms with Gasteiger partial charge in [-0.3, -0.25) is 0 Å². The van der Waals surface area contributed by atoms with Crippen LogP contribution in [-0.2, 0) is 22.4 Å². The van der Waals surface area contributed by atoms with Crippen LogP contribution in [0.15, 0.2) is 0 Å². The van der Waals surface area contributed by atoms with Crippen LogP contribution in [0.25, 0.3) is 0 Å². The van der Waals surface area contributed by atoms with Crippen molar-refractivity contribution in [3.8, 4) is 0 Å². The fraction of sp³-hybridized carbons (Fsp3) is 1.00. The summed E-state index contributed by atoms with van der Waals surface area (Å²) in [7, 11) is -6.88. The molecule has 2 unspecified atom stereocenters. The van der Waals surface area contributed by atoms with Gasteiger partial charge in [-0.2, -0.15) is 0 Å². The minimum atomic E-state index is -1.77. The predicted octanol–water partition coefficient (Wildman–Crippen LogP) is 5.24. The largest absolute Gasteiger partial charge is 0.415 e. The van der Waals surface area contributed by atoms with Gasteiger partial charge in [-0.25, -0.2) is 0 Å². The maximum Gasteiger partial charge on any atom is 0.187 e. The van der Waals surface area contributed by atoms with Gasteiger partial charge in [0.05, 0.1) is 18.8 Å². The maximum absolute atomic E-state index is 6.60. The third-order valence-electron chi connectivity index (χ3n) is 3.64. The quantitative estimate of drug-likeness (QED) is 0.447. The van der Waals surface area contributed by atoms with E-state index in [-0.39, 0.29) is 24.6 Å². The van der Waals surface area contributed by atoms with E-state index >= 15 is 0 Å². The zero-order valence-corrected chi connectivity index (χ0v) is 23.8. The number of rotatable bonds is 9. The third kappa shape index (κ3) is 11.4. The van der Waals surface area contributed by atoms with Gasteiger partial charge in [-0.15, -0.1) is 0 Å². The Bertz CT molecular complexity index is 462. The van der Waals surface area contributed by atoms with Gasteiger partial charge in [0.2, 0.25) is 0 Å². The van der Waals surface area contributed by atoms with Gasteiger partial charge in [0.25, 0.3) is 0 Å². The van der Waals surface area contributed by atoms with E-state index in [1.807, 2.05) is 0 Å². The zero-order chi connectivity index (χ0) is 21.3. The highest BCUT2D eigenvalue weighted by Gasteiger charge is 2.45. The van der Waals surface area contributed by atoms with Crippen LogP contribution in [0.5, 0.6) is 0 Å². The molecule has 27 heavy (non-hydrogen) atoms. The van der Waals surface area contributed by atoms with Gasteiger partial charge in [0, 0.05) is 6.42 Å². The highest BCUT2D eigenvalue weighted by atomic mass is 28.4. The summed E-state index contributed by atoms with van der Waals surface area (Å²) in [6.45, 7) is 27.1. The van der Waals surface area contributed by atoms with Crippen molar-refractivity contribution in [3.05, 3.63) is 0 Å². The molecule has 4 atom stereocenters. The SMILES string of the molecule is C[Si](C)(C)OC[C@H]1OC(O[Si](C)(C)C)CC(O[Si](C)(C)C)[C@@H]1O[Si](C)(C)C. The Balaban J connectivity index is 3.10. The summed E-state index contributed by atoms with van der Waals surface area (Å²) in [4.78, 5) is 0. The third-order valence-corrected chi connectivity index (χ3v) is 7.64. The smallest absolute Gasteiger partial charge is 0.187 e. The average molecular weight is 453 g/mol. The summed E-state index contributed by atoms with van der Waals surface area (Å²) in [6, 6.07) is 0. The molecule has 9 heteroatoms. The molecule has 162 valence electrons. The molecule has 0 saturated carbocycles. The lowest BCUT2D eigenvalue weighted by Crippen LogP contribution is -2.59. The van der Waals surface area contributed by atoms with E-state index in [1.54, 1.807) is 0 Å². The van der Waals surface area contributed by atoms with Crippen LogP contribution in [-0.4, -0.2) is 64.5 Å². The van der Waals surface area contributed by atoms with E-state index in [0.29, 0.717) is 6.61 Å². The van der Waals surface area contributed by atoms with Crippen LogP contribution in [0.1, 0.15) is 6.42 Å². The molecule has 0 spiro atoms. The van der Waals surface area contributed by atoms with Crippen LogP contribution < -0.4 is 0 Å². The molecular formula is C18H44O5Si4. The molecule has 0 aliphatic carbocycles. The van der Waals surface area contributed by atoms with Crippen molar-refractivity contribution in [2.45, 2.75) is 110 Å². The van der Waals surface area contributed by atoms with Crippen molar-refractivity contribution in [2.24, 2.45) is 0 Å². The molecular weight excluding hydrogens is 409 g/mol. The second-order valence-electron chi connectivity index (χ2n) is 11.5. The first kappa shape index (κ1) is 25.7. The Morgan fingerprint density at radius 3 is 1.56 bits per heavy atom. The highest BCUT2D eigenvalue weighted by molar-refractivity contribution is 6.71. The van der Waals surface area contributed by atoms with Gasteiger partial charge in [-0.05, 0) is 78.6 Å². The Kier molecular flexibility index (Phi) is 8.77. The van der Waals surface area contributed by atoms with Gasteiger partial charge in [-0.1, -0.05) is 0 Å². The summed E-state index contributed by atoms with van der Waals surface area (Å²) in [6.07, 6.45) is 0.234. The Hall–Kier alpha value is 0.668. The standard InChI is InChI=1S/C18H44O5Si4/c1-24(2,3)19-14-16-18(23-27(10,11)12)15(21-25(4,5)6)13-17(20-16)22-26(7,8)9/h15-18H,13-14H2,1-12H3/t15?,16-,17?,18+/m1/s1. The maximum atomic E-state index is 6.60. The molecule has 1 saturated heterocycles. The summed E-state index contributed by atoms with van der Waals surface area (Å²) in [5.74, 6) is 0. The van der Waals surface area contributed by atoms with Crippen LogP contribution >= 0.6 is 0 Å². The van der Waals surface area contributed by atoms with E-state index < -0.39 is 33.3 Å². The molecule has 0 aromatic rings. The van der Waals surface area contributed by atoms with Gasteiger partial charge >= 0.3 is 0 Å². The fourth-order valence-electron chi connectivity index (χ4n) is 2.96. The summed E-state index contributed by atoms with van der Waals surface area (Å²) in [5, 5.41) is 0. The van der Waals surface area contributed by atoms with Crippen molar-refractivity contribution < 1.29 is 22.4 Å². The fourth-order valence-corrected chi connectivity index (χ4v) is 6.82. The van der Waals surface area contributed by atoms with Gasteiger partial charge in [0.15, 0.2) is 39.6 Å². The Morgan fingerprint density at radius 1 is 0.667 bits per heavy atom. The molecule has 1 aliphatic heterocycles. The van der Waals surface area contributed by atoms with Crippen molar-refractivity contribution in [3.63, 3.8) is 0 Å². The first-order valence-corrected chi connectivity index (χ1v) is 23.8. The van der Waals surface area contributed by atoms with Crippen molar-refractivity contribution in [1.82, 2.24) is 0 Å². The molecule has 1 fully saturated rings. The minimum absolute atomic E-state index is 0.00581. The molecule has 0 radical (unpaired) electrons. The second kappa shape index (κ2) is 9.21. The molecule has 5 nitrogen and oxygen atoms in total. The molecule has 0 aromatic carbocycles. The van der Waals surface area contributed by atoms with Crippen molar-refractivity contribution in [1.29, 1.82) is 0 Å². The zero-order valence-electron chi connectivity index (χ0n) is 19.8. The van der Waals surface area contributed by atoms with Crippen molar-refractivity contribution in [2.75, 3.05) is 6.61 Å². The van der Waals surface area contributed by atoms with E-state index in [0.717, 1.165) is 6.42 Å². The van der Waals surface area contributed by atoms with Gasteiger partial charge < -0.3 is 22.4 Å². The molecule has 1 aliphatic rings. The summed E-state index contributed by atoms with van der Waals surface area (Å²) >= 11 is 0. The second-order valence-corrected chi connectivity index (χ2v) is 29.4. The average Bonchev–Trinajstić information content (AvgIpc) is 2.33. The van der Waals surface area contributed by atoms with E-state index in [2.05, 4.69) is 78.6 Å². The lowest BCUT2D eigenvalue weighted by Gasteiger charge is -2.47. The predicted molar refractivity (Wildman–Crippen MR) is 123 cm³/mol. The molecule has 1 rings (SSSR count). The normalized spacial score (nSPS) is 28.4. The van der Waals surface area contributed by atoms with E-state index in [4.69, 9.17) is 22.4 Å². The molecule has 0 N–H and O–H groups in total. The van der Waals surface area contributed by atoms with Gasteiger partial charge in [0.1, 0.15) is 6.10 Å². The lowest BCUT2D eigenvalue weighted by atomic mass is 10.0. The topological polar surface area (TPSA) is 46.2 Å². The number of hydrogen-bond donors (Lipinski definition) is 0. The van der Waals surface area contributed by atoms with Crippen LogP contribution in [0.4, 0.5) is 0 Å². The molecule has 0 bridgehead atoms. The van der Waals surface area contributed by atoms with Crippen molar-refractivity contribution >= 4 is 33.3 Å². The lowest BCUT2D eigenvalue weighted by molar-refractivity contribution is -0.224. The molecule has 1 heterocycles. The number of ether oxygens (including phenoxy) is 1. The Labute approximate surface area is 172 Å². The summed E-state index contributed by atoms with van der Waals surface area (Å²) < 4.78 is 32.1. The monoisotopic (exact) mass is 452 g/mol. The first-order valence-electron chi connectivity index (χ1n) is 10.2. The van der Waals surface area contributed by atoms with Crippen LogP contribution in [0.2, 0.25) is 78.6 Å². The minimum Gasteiger partial charge on any atom is -0.415 e. The first-order chi connectivity index (χ1) is 11.8. The Morgan fingerprint density at radius 2 is 1.15 bits per heavy atom. The van der Waals surface area contributed by atoms with E-state index in [1.165, 1.54) is 0 Å². The van der Waals surface area contributed by atoms with E-state index in [9.17, 15) is 0 Å². The number of hydrogen-bond acceptors (Lipinski definition) is 5. The highest BCUT2D eigenvalue weighted by Crippen LogP contribution is 2.32. The molecule has 0 amide bonds.